The number of hydrogen-bond donors (Lipinski definition) is 0. The normalized spacial score (nSPS) is 15.5. The van der Waals surface area contributed by atoms with Gasteiger partial charge in [0, 0.05) is 31.6 Å². The van der Waals surface area contributed by atoms with E-state index in [4.69, 9.17) is 18.9 Å². The minimum atomic E-state index is -4.26. The summed E-state index contributed by atoms with van der Waals surface area (Å²) in [5, 5.41) is 0. The van der Waals surface area contributed by atoms with Gasteiger partial charge in [-0.05, 0) is 24.3 Å². The maximum atomic E-state index is 13.2. The molecule has 1 aliphatic rings. The van der Waals surface area contributed by atoms with Crippen molar-refractivity contribution in [2.75, 3.05) is 48.1 Å². The van der Waals surface area contributed by atoms with Crippen LogP contribution in [0.5, 0.6) is 23.0 Å². The molecule has 186 valence electrons. The van der Waals surface area contributed by atoms with E-state index in [0.717, 1.165) is 4.31 Å². The number of nitrogens with zero attached hydrogens (tertiary/aromatic N) is 2. The van der Waals surface area contributed by atoms with Gasteiger partial charge in [-0.25, -0.2) is 21.1 Å². The van der Waals surface area contributed by atoms with Gasteiger partial charge >= 0.3 is 0 Å². The van der Waals surface area contributed by atoms with Crippen LogP contribution in [0.1, 0.15) is 6.42 Å². The zero-order valence-electron chi connectivity index (χ0n) is 19.2. The number of ether oxygens (including phenoxy) is 4. The van der Waals surface area contributed by atoms with Crippen LogP contribution in [0.15, 0.2) is 46.2 Å². The lowest BCUT2D eigenvalue weighted by Gasteiger charge is -2.22. The summed E-state index contributed by atoms with van der Waals surface area (Å²) in [7, 11) is -2.69. The van der Waals surface area contributed by atoms with Crippen molar-refractivity contribution < 1.29 is 40.6 Å². The van der Waals surface area contributed by atoms with Gasteiger partial charge in [0.1, 0.15) is 0 Å². The van der Waals surface area contributed by atoms with Crippen LogP contribution < -0.4 is 18.9 Å². The Bertz CT molecular complexity index is 1280. The lowest BCUT2D eigenvalue weighted by Crippen LogP contribution is -2.39. The first-order chi connectivity index (χ1) is 16.1. The Morgan fingerprint density at radius 2 is 1.12 bits per heavy atom. The summed E-state index contributed by atoms with van der Waals surface area (Å²) >= 11 is 0. The van der Waals surface area contributed by atoms with Gasteiger partial charge in [-0.2, -0.15) is 4.31 Å². The first kappa shape index (κ1) is 25.6. The summed E-state index contributed by atoms with van der Waals surface area (Å²) in [5.74, 6) is 0.394. The highest BCUT2D eigenvalue weighted by Crippen LogP contribution is 2.33. The van der Waals surface area contributed by atoms with Gasteiger partial charge in [0.25, 0.3) is 10.0 Å². The van der Waals surface area contributed by atoms with Gasteiger partial charge in [-0.3, -0.25) is 4.79 Å². The molecule has 0 unspecified atom stereocenters. The van der Waals surface area contributed by atoms with E-state index in [1.807, 2.05) is 0 Å². The fraction of sp³-hybridized carbons (Fsp3) is 0.381. The minimum Gasteiger partial charge on any atom is -0.493 e. The first-order valence-corrected chi connectivity index (χ1v) is 13.0. The Balaban J connectivity index is 1.89. The molecule has 0 atom stereocenters. The maximum Gasteiger partial charge on any atom is 0.266 e. The Labute approximate surface area is 198 Å². The molecule has 11 nitrogen and oxygen atoms in total. The molecule has 1 heterocycles. The van der Waals surface area contributed by atoms with Crippen LogP contribution in [0.25, 0.3) is 0 Å². The lowest BCUT2D eigenvalue weighted by molar-refractivity contribution is -0.125. The molecule has 3 rings (SSSR count). The van der Waals surface area contributed by atoms with E-state index in [-0.39, 0.29) is 47.3 Å². The van der Waals surface area contributed by atoms with E-state index < -0.39 is 26.0 Å². The Morgan fingerprint density at radius 3 is 1.59 bits per heavy atom. The second-order valence-electron chi connectivity index (χ2n) is 7.16. The third-order valence-corrected chi connectivity index (χ3v) is 9.05. The number of rotatable bonds is 8. The van der Waals surface area contributed by atoms with E-state index in [0.29, 0.717) is 15.8 Å². The molecule has 1 amide bonds. The molecule has 1 saturated heterocycles. The third-order valence-electron chi connectivity index (χ3n) is 5.34. The third kappa shape index (κ3) is 4.76. The second kappa shape index (κ2) is 10.1. The van der Waals surface area contributed by atoms with Gasteiger partial charge in [0.15, 0.2) is 23.0 Å². The smallest absolute Gasteiger partial charge is 0.266 e. The van der Waals surface area contributed by atoms with Gasteiger partial charge < -0.3 is 18.9 Å². The number of methoxy groups -OCH3 is 4. The average molecular weight is 515 g/mol. The van der Waals surface area contributed by atoms with E-state index in [2.05, 4.69) is 0 Å². The lowest BCUT2D eigenvalue weighted by atomic mass is 10.3. The van der Waals surface area contributed by atoms with E-state index in [1.54, 1.807) is 0 Å². The number of amides is 1. The number of carbonyl (C=O) groups excluding carboxylic acids is 1. The Morgan fingerprint density at radius 1 is 0.647 bits per heavy atom. The SMILES string of the molecule is COc1ccc(S(=O)(=O)N2CCC(=O)N(S(=O)(=O)c3ccc(OC)c(OC)c3)CC2)cc1OC. The van der Waals surface area contributed by atoms with Crippen LogP contribution in [0.4, 0.5) is 0 Å². The van der Waals surface area contributed by atoms with Crippen molar-refractivity contribution >= 4 is 26.0 Å². The van der Waals surface area contributed by atoms with Crippen molar-refractivity contribution in [3.8, 4) is 23.0 Å². The monoisotopic (exact) mass is 514 g/mol. The topological polar surface area (TPSA) is 129 Å². The highest BCUT2D eigenvalue weighted by atomic mass is 32.2. The summed E-state index contributed by atoms with van der Waals surface area (Å²) in [4.78, 5) is 12.5. The van der Waals surface area contributed by atoms with E-state index in [1.165, 1.54) is 64.8 Å². The molecule has 0 spiro atoms. The maximum absolute atomic E-state index is 13.2. The first-order valence-electron chi connectivity index (χ1n) is 10.1. The van der Waals surface area contributed by atoms with Crippen LogP contribution in [0.2, 0.25) is 0 Å². The van der Waals surface area contributed by atoms with Crippen LogP contribution in [0, 0.1) is 0 Å². The highest BCUT2D eigenvalue weighted by Gasteiger charge is 2.36. The van der Waals surface area contributed by atoms with Crippen molar-refractivity contribution in [2.24, 2.45) is 0 Å². The number of benzene rings is 2. The van der Waals surface area contributed by atoms with Crippen LogP contribution >= 0.6 is 0 Å². The summed E-state index contributed by atoms with van der Waals surface area (Å²) in [6.07, 6.45) is -0.307. The van der Waals surface area contributed by atoms with Crippen molar-refractivity contribution in [2.45, 2.75) is 16.2 Å². The fourth-order valence-electron chi connectivity index (χ4n) is 3.51. The molecule has 0 saturated carbocycles. The van der Waals surface area contributed by atoms with Crippen molar-refractivity contribution in [3.63, 3.8) is 0 Å². The Hall–Kier alpha value is -3.03. The molecule has 34 heavy (non-hydrogen) atoms. The van der Waals surface area contributed by atoms with Crippen molar-refractivity contribution in [3.05, 3.63) is 36.4 Å². The summed E-state index contributed by atoms with van der Waals surface area (Å²) in [6.45, 7) is -0.732. The molecule has 1 fully saturated rings. The van der Waals surface area contributed by atoms with Crippen LogP contribution in [-0.4, -0.2) is 79.4 Å². The van der Waals surface area contributed by atoms with E-state index >= 15 is 0 Å². The number of carbonyl (C=O) groups is 1. The molecule has 0 aliphatic carbocycles. The molecular weight excluding hydrogens is 488 g/mol. The van der Waals surface area contributed by atoms with Gasteiger partial charge in [0.05, 0.1) is 44.8 Å². The molecule has 13 heteroatoms. The zero-order valence-corrected chi connectivity index (χ0v) is 20.8. The van der Waals surface area contributed by atoms with Gasteiger partial charge in [-0.1, -0.05) is 0 Å². The summed E-state index contributed by atoms with van der Waals surface area (Å²) < 4.78 is 75.2. The largest absolute Gasteiger partial charge is 0.493 e. The molecular formula is C21H26N2O9S2. The molecule has 2 aromatic carbocycles. The molecule has 0 radical (unpaired) electrons. The molecule has 0 N–H and O–H groups in total. The fourth-order valence-corrected chi connectivity index (χ4v) is 6.39. The summed E-state index contributed by atoms with van der Waals surface area (Å²) in [5.41, 5.74) is 0. The predicted molar refractivity (Wildman–Crippen MR) is 121 cm³/mol. The van der Waals surface area contributed by atoms with Gasteiger partial charge in [0.2, 0.25) is 15.9 Å². The number of hydrogen-bond acceptors (Lipinski definition) is 9. The Kier molecular flexibility index (Phi) is 7.58. The molecule has 2 aromatic rings. The second-order valence-corrected chi connectivity index (χ2v) is 11.0. The minimum absolute atomic E-state index is 0.0613. The average Bonchev–Trinajstić information content (AvgIpc) is 3.05. The molecule has 0 aromatic heterocycles. The highest BCUT2D eigenvalue weighted by molar-refractivity contribution is 7.90. The predicted octanol–water partition coefficient (Wildman–Crippen LogP) is 1.33. The molecule has 1 aliphatic heterocycles. The summed E-state index contributed by atoms with van der Waals surface area (Å²) in [6, 6.07) is 8.11. The molecule has 0 bridgehead atoms. The van der Waals surface area contributed by atoms with Crippen LogP contribution in [-0.2, 0) is 24.8 Å². The zero-order chi connectivity index (χ0) is 25.1. The number of sulfonamides is 2. The van der Waals surface area contributed by atoms with Crippen molar-refractivity contribution in [1.29, 1.82) is 0 Å². The quantitative estimate of drug-likeness (QED) is 0.512. The van der Waals surface area contributed by atoms with Crippen LogP contribution in [0.3, 0.4) is 0 Å². The van der Waals surface area contributed by atoms with Gasteiger partial charge in [-0.15, -0.1) is 0 Å². The van der Waals surface area contributed by atoms with Crippen molar-refractivity contribution in [1.82, 2.24) is 8.61 Å². The van der Waals surface area contributed by atoms with E-state index in [9.17, 15) is 21.6 Å². The standard InChI is InChI=1S/C21H26N2O9S2/c1-29-17-7-5-15(13-19(17)31-3)33(25,26)22-10-9-21(24)23(12-11-22)34(27,28)16-6-8-18(30-2)20(14-16)32-4/h5-8,13-14H,9-12H2,1-4H3.